The minimum Gasteiger partial charge on any atom is -0.381 e. The molecule has 0 aromatic rings. The third-order valence-electron chi connectivity index (χ3n) is 2.51. The number of hydrogen-bond donors (Lipinski definition) is 2. The summed E-state index contributed by atoms with van der Waals surface area (Å²) in [6, 6.07) is 0. The first kappa shape index (κ1) is 17.4. The third kappa shape index (κ3) is 10.5. The first-order chi connectivity index (χ1) is 8.74. The van der Waals surface area contributed by atoms with Gasteiger partial charge >= 0.3 is 0 Å². The van der Waals surface area contributed by atoms with E-state index in [-0.39, 0.29) is 12.0 Å². The summed E-state index contributed by atoms with van der Waals surface area (Å²) >= 11 is 0. The summed E-state index contributed by atoms with van der Waals surface area (Å²) < 4.78 is 10.7. The summed E-state index contributed by atoms with van der Waals surface area (Å²) in [4.78, 5) is 11.5. The molecule has 0 radical (unpaired) electrons. The molecule has 108 valence electrons. The molecule has 0 aromatic heterocycles. The Kier molecular flexibility index (Phi) is 12.3. The maximum Gasteiger partial charge on any atom is 0.222 e. The van der Waals surface area contributed by atoms with Gasteiger partial charge in [0.2, 0.25) is 5.91 Å². The van der Waals surface area contributed by atoms with E-state index in [1.165, 1.54) is 0 Å². The van der Waals surface area contributed by atoms with Crippen LogP contribution in [0.5, 0.6) is 0 Å². The summed E-state index contributed by atoms with van der Waals surface area (Å²) in [5.41, 5.74) is 5.50. The van der Waals surface area contributed by atoms with Crippen molar-refractivity contribution in [2.75, 3.05) is 32.9 Å². The van der Waals surface area contributed by atoms with Gasteiger partial charge in [0, 0.05) is 32.9 Å². The molecule has 0 heterocycles. The third-order valence-corrected chi connectivity index (χ3v) is 2.51. The molecule has 0 aliphatic carbocycles. The molecule has 0 bridgehead atoms. The fraction of sp³-hybridized carbons (Fsp3) is 0.923. The highest BCUT2D eigenvalue weighted by Gasteiger charge is 2.11. The lowest BCUT2D eigenvalue weighted by atomic mass is 10.2. The normalized spacial score (nSPS) is 12.4. The Morgan fingerprint density at radius 1 is 1.28 bits per heavy atom. The SMILES string of the molecule is CCCCOCCCNC(=O)CC(CN)OCC. The molecule has 0 saturated carbocycles. The number of nitrogens with two attached hydrogens (primary N) is 1. The molecule has 0 rings (SSSR count). The molecule has 18 heavy (non-hydrogen) atoms. The quantitative estimate of drug-likeness (QED) is 0.515. The van der Waals surface area contributed by atoms with Gasteiger partial charge in [-0.05, 0) is 19.8 Å². The van der Waals surface area contributed by atoms with Gasteiger partial charge in [-0.3, -0.25) is 4.79 Å². The van der Waals surface area contributed by atoms with E-state index in [2.05, 4.69) is 12.2 Å². The maximum atomic E-state index is 11.5. The fourth-order valence-electron chi connectivity index (χ4n) is 1.48. The maximum absolute atomic E-state index is 11.5. The van der Waals surface area contributed by atoms with E-state index >= 15 is 0 Å². The summed E-state index contributed by atoms with van der Waals surface area (Å²) in [5.74, 6) is -0.00698. The molecular weight excluding hydrogens is 232 g/mol. The molecule has 1 unspecified atom stereocenters. The summed E-state index contributed by atoms with van der Waals surface area (Å²) in [6.45, 7) is 7.15. The van der Waals surface area contributed by atoms with Crippen molar-refractivity contribution < 1.29 is 14.3 Å². The Bertz CT molecular complexity index is 201. The van der Waals surface area contributed by atoms with Crippen LogP contribution in [0.2, 0.25) is 0 Å². The number of hydrogen-bond acceptors (Lipinski definition) is 4. The van der Waals surface area contributed by atoms with Crippen LogP contribution in [0, 0.1) is 0 Å². The van der Waals surface area contributed by atoms with E-state index in [9.17, 15) is 4.79 Å². The van der Waals surface area contributed by atoms with Crippen molar-refractivity contribution >= 4 is 5.91 Å². The monoisotopic (exact) mass is 260 g/mol. The minimum absolute atomic E-state index is 0.00698. The Hall–Kier alpha value is -0.650. The van der Waals surface area contributed by atoms with Gasteiger partial charge < -0.3 is 20.5 Å². The Balaban J connectivity index is 3.41. The van der Waals surface area contributed by atoms with E-state index in [1.807, 2.05) is 6.92 Å². The Morgan fingerprint density at radius 2 is 2.00 bits per heavy atom. The van der Waals surface area contributed by atoms with Gasteiger partial charge in [0.05, 0.1) is 12.5 Å². The van der Waals surface area contributed by atoms with Gasteiger partial charge in [-0.15, -0.1) is 0 Å². The smallest absolute Gasteiger partial charge is 0.222 e. The number of rotatable bonds is 12. The van der Waals surface area contributed by atoms with E-state index < -0.39 is 0 Å². The largest absolute Gasteiger partial charge is 0.381 e. The van der Waals surface area contributed by atoms with Crippen LogP contribution >= 0.6 is 0 Å². The van der Waals surface area contributed by atoms with Gasteiger partial charge in [0.15, 0.2) is 0 Å². The lowest BCUT2D eigenvalue weighted by Crippen LogP contribution is -2.33. The molecule has 0 saturated heterocycles. The van der Waals surface area contributed by atoms with E-state index in [0.29, 0.717) is 32.7 Å². The predicted octanol–water partition coefficient (Wildman–Crippen LogP) is 1.06. The zero-order valence-electron chi connectivity index (χ0n) is 11.7. The number of carbonyl (C=O) groups excluding carboxylic acids is 1. The highest BCUT2D eigenvalue weighted by atomic mass is 16.5. The van der Waals surface area contributed by atoms with Crippen molar-refractivity contribution in [2.24, 2.45) is 5.73 Å². The predicted molar refractivity (Wildman–Crippen MR) is 72.4 cm³/mol. The van der Waals surface area contributed by atoms with Gasteiger partial charge in [0.1, 0.15) is 0 Å². The van der Waals surface area contributed by atoms with Crippen molar-refractivity contribution in [1.29, 1.82) is 0 Å². The lowest BCUT2D eigenvalue weighted by Gasteiger charge is -2.14. The average molecular weight is 260 g/mol. The molecule has 3 N–H and O–H groups in total. The second-order valence-corrected chi connectivity index (χ2v) is 4.19. The standard InChI is InChI=1S/C13H28N2O3/c1-3-5-8-17-9-6-7-15-13(16)10-12(11-14)18-4-2/h12H,3-11,14H2,1-2H3,(H,15,16). The second kappa shape index (κ2) is 12.8. The molecule has 0 fully saturated rings. The van der Waals surface area contributed by atoms with E-state index in [4.69, 9.17) is 15.2 Å². The molecule has 0 aliphatic heterocycles. The number of carbonyl (C=O) groups is 1. The molecule has 1 amide bonds. The Morgan fingerprint density at radius 3 is 2.61 bits per heavy atom. The van der Waals surface area contributed by atoms with E-state index in [0.717, 1.165) is 25.9 Å². The van der Waals surface area contributed by atoms with Gasteiger partial charge in [0.25, 0.3) is 0 Å². The second-order valence-electron chi connectivity index (χ2n) is 4.19. The zero-order valence-corrected chi connectivity index (χ0v) is 11.7. The average Bonchev–Trinajstić information content (AvgIpc) is 2.37. The number of ether oxygens (including phenoxy) is 2. The Labute approximate surface area is 110 Å². The fourth-order valence-corrected chi connectivity index (χ4v) is 1.48. The molecule has 1 atom stereocenters. The van der Waals surface area contributed by atoms with Crippen molar-refractivity contribution in [3.63, 3.8) is 0 Å². The van der Waals surface area contributed by atoms with Crippen molar-refractivity contribution in [1.82, 2.24) is 5.32 Å². The van der Waals surface area contributed by atoms with Crippen LogP contribution in [0.15, 0.2) is 0 Å². The van der Waals surface area contributed by atoms with Gasteiger partial charge in [-0.25, -0.2) is 0 Å². The van der Waals surface area contributed by atoms with E-state index in [1.54, 1.807) is 0 Å². The van der Waals surface area contributed by atoms with Crippen LogP contribution in [0.4, 0.5) is 0 Å². The molecule has 0 aliphatic rings. The molecule has 5 heteroatoms. The topological polar surface area (TPSA) is 73.6 Å². The molecule has 0 spiro atoms. The van der Waals surface area contributed by atoms with Crippen molar-refractivity contribution in [3.8, 4) is 0 Å². The number of nitrogens with one attached hydrogen (secondary N) is 1. The number of unbranched alkanes of at least 4 members (excludes halogenated alkanes) is 1. The number of amides is 1. The summed E-state index contributed by atoms with van der Waals surface area (Å²) in [6.07, 6.45) is 3.25. The molecular formula is C13H28N2O3. The highest BCUT2D eigenvalue weighted by molar-refractivity contribution is 5.76. The first-order valence-electron chi connectivity index (χ1n) is 6.90. The zero-order chi connectivity index (χ0) is 13.6. The van der Waals surface area contributed by atoms with Crippen LogP contribution in [-0.4, -0.2) is 44.9 Å². The first-order valence-corrected chi connectivity index (χ1v) is 6.90. The van der Waals surface area contributed by atoms with Crippen molar-refractivity contribution in [3.05, 3.63) is 0 Å². The van der Waals surface area contributed by atoms with Crippen LogP contribution in [0.1, 0.15) is 39.5 Å². The highest BCUT2D eigenvalue weighted by Crippen LogP contribution is 1.96. The summed E-state index contributed by atoms with van der Waals surface area (Å²) in [5, 5.41) is 2.84. The summed E-state index contributed by atoms with van der Waals surface area (Å²) in [7, 11) is 0. The minimum atomic E-state index is -0.171. The molecule has 0 aromatic carbocycles. The van der Waals surface area contributed by atoms with Crippen LogP contribution in [-0.2, 0) is 14.3 Å². The van der Waals surface area contributed by atoms with Gasteiger partial charge in [-0.2, -0.15) is 0 Å². The van der Waals surface area contributed by atoms with Crippen LogP contribution in [0.3, 0.4) is 0 Å². The molecule has 5 nitrogen and oxygen atoms in total. The van der Waals surface area contributed by atoms with Crippen molar-refractivity contribution in [2.45, 2.75) is 45.6 Å². The van der Waals surface area contributed by atoms with Crippen LogP contribution in [0.25, 0.3) is 0 Å². The lowest BCUT2D eigenvalue weighted by molar-refractivity contribution is -0.123. The van der Waals surface area contributed by atoms with Crippen LogP contribution < -0.4 is 11.1 Å². The van der Waals surface area contributed by atoms with Gasteiger partial charge in [-0.1, -0.05) is 13.3 Å².